The smallest absolute Gasteiger partial charge is 0.147 e. The van der Waals surface area contributed by atoms with Gasteiger partial charge in [-0.25, -0.2) is 14.6 Å². The van der Waals surface area contributed by atoms with Gasteiger partial charge >= 0.3 is 0 Å². The SMILES string of the molecule is Cc1nc(C)n(CC2CCCN(Cc3nccn3C)C2)n1. The molecule has 0 saturated carbocycles. The molecule has 0 aromatic carbocycles. The Morgan fingerprint density at radius 3 is 2.86 bits per heavy atom. The highest BCUT2D eigenvalue weighted by atomic mass is 15.3. The van der Waals surface area contributed by atoms with Crippen molar-refractivity contribution in [3.63, 3.8) is 0 Å². The lowest BCUT2D eigenvalue weighted by atomic mass is 9.98. The predicted octanol–water partition coefficient (Wildman–Crippen LogP) is 1.54. The Bertz CT molecular complexity index is 599. The van der Waals surface area contributed by atoms with Crippen LogP contribution in [0.3, 0.4) is 0 Å². The fourth-order valence-electron chi connectivity index (χ4n) is 3.17. The molecule has 2 aromatic heterocycles. The van der Waals surface area contributed by atoms with E-state index in [1.165, 1.54) is 19.4 Å². The van der Waals surface area contributed by atoms with E-state index in [9.17, 15) is 0 Å². The molecule has 3 heterocycles. The minimum Gasteiger partial charge on any atom is -0.337 e. The Kier molecular flexibility index (Phi) is 4.05. The second-order valence-corrected chi connectivity index (χ2v) is 6.09. The van der Waals surface area contributed by atoms with Gasteiger partial charge in [0, 0.05) is 32.5 Å². The molecule has 1 aliphatic heterocycles. The van der Waals surface area contributed by atoms with E-state index in [4.69, 9.17) is 0 Å². The molecule has 6 heteroatoms. The van der Waals surface area contributed by atoms with Crippen molar-refractivity contribution >= 4 is 0 Å². The minimum atomic E-state index is 0.652. The van der Waals surface area contributed by atoms with Crippen LogP contribution >= 0.6 is 0 Å². The van der Waals surface area contributed by atoms with E-state index >= 15 is 0 Å². The van der Waals surface area contributed by atoms with Crippen LogP contribution in [0.4, 0.5) is 0 Å². The van der Waals surface area contributed by atoms with E-state index in [1.54, 1.807) is 0 Å². The number of likely N-dealkylation sites (tertiary alicyclic amines) is 1. The van der Waals surface area contributed by atoms with Crippen molar-refractivity contribution in [3.8, 4) is 0 Å². The van der Waals surface area contributed by atoms with Crippen molar-refractivity contribution in [1.29, 1.82) is 0 Å². The van der Waals surface area contributed by atoms with Crippen LogP contribution in [0.2, 0.25) is 0 Å². The zero-order valence-electron chi connectivity index (χ0n) is 13.2. The standard InChI is InChI=1S/C15H24N6/c1-12-17-13(2)21(18-12)10-14-5-4-7-20(9-14)11-15-16-6-8-19(15)3/h6,8,14H,4-5,7,9-11H2,1-3H3. The lowest BCUT2D eigenvalue weighted by molar-refractivity contribution is 0.148. The van der Waals surface area contributed by atoms with Crippen LogP contribution < -0.4 is 0 Å². The molecule has 114 valence electrons. The summed E-state index contributed by atoms with van der Waals surface area (Å²) in [5, 5.41) is 4.49. The molecule has 0 N–H and O–H groups in total. The lowest BCUT2D eigenvalue weighted by Crippen LogP contribution is -2.37. The van der Waals surface area contributed by atoms with Gasteiger partial charge < -0.3 is 4.57 Å². The third-order valence-corrected chi connectivity index (χ3v) is 4.28. The van der Waals surface area contributed by atoms with E-state index in [0.717, 1.165) is 37.1 Å². The first-order chi connectivity index (χ1) is 10.1. The fraction of sp³-hybridized carbons (Fsp3) is 0.667. The van der Waals surface area contributed by atoms with Crippen LogP contribution in [-0.4, -0.2) is 42.3 Å². The van der Waals surface area contributed by atoms with Gasteiger partial charge in [-0.1, -0.05) is 0 Å². The molecule has 21 heavy (non-hydrogen) atoms. The number of aryl methyl sites for hydroxylation is 3. The van der Waals surface area contributed by atoms with Crippen LogP contribution in [0.5, 0.6) is 0 Å². The number of piperidine rings is 1. The summed E-state index contributed by atoms with van der Waals surface area (Å²) < 4.78 is 4.17. The summed E-state index contributed by atoms with van der Waals surface area (Å²) in [5.74, 6) is 3.68. The number of hydrogen-bond donors (Lipinski definition) is 0. The number of rotatable bonds is 4. The Balaban J connectivity index is 1.60. The van der Waals surface area contributed by atoms with Crippen LogP contribution in [0, 0.1) is 19.8 Å². The largest absolute Gasteiger partial charge is 0.337 e. The molecule has 0 aliphatic carbocycles. The van der Waals surface area contributed by atoms with Gasteiger partial charge in [-0.05, 0) is 39.2 Å². The maximum atomic E-state index is 4.49. The second kappa shape index (κ2) is 5.97. The molecule has 1 atom stereocenters. The average molecular weight is 288 g/mol. The van der Waals surface area contributed by atoms with E-state index in [2.05, 4.69) is 36.3 Å². The molecule has 3 rings (SSSR count). The molecule has 0 amide bonds. The molecule has 1 unspecified atom stereocenters. The van der Waals surface area contributed by atoms with Crippen LogP contribution in [0.1, 0.15) is 30.3 Å². The zero-order valence-corrected chi connectivity index (χ0v) is 13.2. The van der Waals surface area contributed by atoms with Crippen molar-refractivity contribution in [2.45, 2.75) is 39.8 Å². The molecule has 0 spiro atoms. The molecule has 0 bridgehead atoms. The first-order valence-corrected chi connectivity index (χ1v) is 7.68. The highest BCUT2D eigenvalue weighted by molar-refractivity contribution is 4.92. The molecule has 2 aromatic rings. The van der Waals surface area contributed by atoms with Crippen LogP contribution in [0.25, 0.3) is 0 Å². The predicted molar refractivity (Wildman–Crippen MR) is 80.7 cm³/mol. The summed E-state index contributed by atoms with van der Waals surface area (Å²) in [6, 6.07) is 0. The topological polar surface area (TPSA) is 51.8 Å². The van der Waals surface area contributed by atoms with Crippen LogP contribution in [-0.2, 0) is 20.1 Å². The van der Waals surface area contributed by atoms with E-state index in [1.807, 2.05) is 26.2 Å². The molecule has 0 radical (unpaired) electrons. The quantitative estimate of drug-likeness (QED) is 0.856. The maximum Gasteiger partial charge on any atom is 0.147 e. The van der Waals surface area contributed by atoms with Gasteiger partial charge in [-0.2, -0.15) is 5.10 Å². The first kappa shape index (κ1) is 14.3. The van der Waals surface area contributed by atoms with E-state index in [-0.39, 0.29) is 0 Å². The summed E-state index contributed by atoms with van der Waals surface area (Å²) >= 11 is 0. The highest BCUT2D eigenvalue weighted by Crippen LogP contribution is 2.20. The maximum absolute atomic E-state index is 4.49. The molecular weight excluding hydrogens is 264 g/mol. The molecule has 1 fully saturated rings. The van der Waals surface area contributed by atoms with Gasteiger partial charge in [-0.3, -0.25) is 4.90 Å². The summed E-state index contributed by atoms with van der Waals surface area (Å²) in [5.41, 5.74) is 0. The van der Waals surface area contributed by atoms with Crippen molar-refractivity contribution in [1.82, 2.24) is 29.2 Å². The van der Waals surface area contributed by atoms with Crippen molar-refractivity contribution in [3.05, 3.63) is 29.9 Å². The Labute approximate surface area is 125 Å². The lowest BCUT2D eigenvalue weighted by Gasteiger charge is -2.32. The third kappa shape index (κ3) is 3.32. The fourth-order valence-corrected chi connectivity index (χ4v) is 3.17. The van der Waals surface area contributed by atoms with Gasteiger partial charge in [-0.15, -0.1) is 0 Å². The highest BCUT2D eigenvalue weighted by Gasteiger charge is 2.22. The summed E-state index contributed by atoms with van der Waals surface area (Å²) in [6.07, 6.45) is 6.41. The average Bonchev–Trinajstić information content (AvgIpc) is 2.97. The Hall–Kier alpha value is -1.69. The minimum absolute atomic E-state index is 0.652. The van der Waals surface area contributed by atoms with Gasteiger partial charge in [0.15, 0.2) is 0 Å². The Morgan fingerprint density at radius 1 is 1.33 bits per heavy atom. The third-order valence-electron chi connectivity index (χ3n) is 4.28. The molecule has 1 saturated heterocycles. The van der Waals surface area contributed by atoms with E-state index in [0.29, 0.717) is 5.92 Å². The number of nitrogens with zero attached hydrogens (tertiary/aromatic N) is 6. The first-order valence-electron chi connectivity index (χ1n) is 7.68. The van der Waals surface area contributed by atoms with E-state index < -0.39 is 0 Å². The van der Waals surface area contributed by atoms with Gasteiger partial charge in [0.1, 0.15) is 17.5 Å². The second-order valence-electron chi connectivity index (χ2n) is 6.09. The molecule has 1 aliphatic rings. The summed E-state index contributed by atoms with van der Waals surface area (Å²) in [4.78, 5) is 11.3. The van der Waals surface area contributed by atoms with Crippen molar-refractivity contribution < 1.29 is 0 Å². The van der Waals surface area contributed by atoms with Gasteiger partial charge in [0.05, 0.1) is 6.54 Å². The Morgan fingerprint density at radius 2 is 2.19 bits per heavy atom. The zero-order chi connectivity index (χ0) is 14.8. The van der Waals surface area contributed by atoms with Gasteiger partial charge in [0.2, 0.25) is 0 Å². The number of imidazole rings is 1. The van der Waals surface area contributed by atoms with Crippen molar-refractivity contribution in [2.24, 2.45) is 13.0 Å². The molecular formula is C15H24N6. The summed E-state index contributed by atoms with van der Waals surface area (Å²) in [7, 11) is 2.06. The van der Waals surface area contributed by atoms with Crippen LogP contribution in [0.15, 0.2) is 12.4 Å². The normalized spacial score (nSPS) is 20.0. The molecule has 6 nitrogen and oxygen atoms in total. The summed E-state index contributed by atoms with van der Waals surface area (Å²) in [6.45, 7) is 8.19. The number of aromatic nitrogens is 5. The monoisotopic (exact) mass is 288 g/mol. The van der Waals surface area contributed by atoms with Gasteiger partial charge in [0.25, 0.3) is 0 Å². The van der Waals surface area contributed by atoms with Crippen molar-refractivity contribution in [2.75, 3.05) is 13.1 Å². The number of hydrogen-bond acceptors (Lipinski definition) is 4.